The second kappa shape index (κ2) is 10.1. The Hall–Kier alpha value is -1.71. The van der Waals surface area contributed by atoms with Gasteiger partial charge in [0, 0.05) is 12.3 Å². The summed E-state index contributed by atoms with van der Waals surface area (Å²) in [6.07, 6.45) is 13.1. The molecule has 1 heterocycles. The minimum Gasteiger partial charge on any atom is -0.267 e. The Morgan fingerprint density at radius 2 is 2.14 bits per heavy atom. The fourth-order valence-corrected chi connectivity index (χ4v) is 2.15. The maximum atomic E-state index is 11.9. The first kappa shape index (κ1) is 17.3. The van der Waals surface area contributed by atoms with Crippen LogP contribution in [-0.4, -0.2) is 12.1 Å². The second-order valence-corrected chi connectivity index (χ2v) is 5.66. The maximum absolute atomic E-state index is 11.9. The van der Waals surface area contributed by atoms with Crippen molar-refractivity contribution in [2.75, 3.05) is 0 Å². The highest BCUT2D eigenvalue weighted by Gasteiger charge is 2.07. The molecule has 0 saturated carbocycles. The van der Waals surface area contributed by atoms with E-state index in [2.05, 4.69) is 24.4 Å². The molecule has 0 aliphatic heterocycles. The Bertz CT molecular complexity index is 457. The van der Waals surface area contributed by atoms with Crippen LogP contribution in [0.15, 0.2) is 29.6 Å². The highest BCUT2D eigenvalue weighted by Crippen LogP contribution is 2.09. The molecule has 4 heteroatoms. The van der Waals surface area contributed by atoms with Crippen molar-refractivity contribution >= 4 is 12.1 Å². The highest BCUT2D eigenvalue weighted by molar-refractivity contribution is 5.93. The van der Waals surface area contributed by atoms with Gasteiger partial charge >= 0.3 is 0 Å². The molecule has 1 aromatic rings. The molecule has 1 aromatic heterocycles. The van der Waals surface area contributed by atoms with Gasteiger partial charge in [0.05, 0.1) is 0 Å². The Balaban J connectivity index is 2.25. The average Bonchev–Trinajstić information content (AvgIpc) is 2.47. The number of aryl methyl sites for hydroxylation is 1. The number of nitrogens with zero attached hydrogens (tertiary/aromatic N) is 2. The quantitative estimate of drug-likeness (QED) is 0.323. The third-order valence-corrected chi connectivity index (χ3v) is 3.46. The van der Waals surface area contributed by atoms with E-state index in [4.69, 9.17) is 0 Å². The summed E-state index contributed by atoms with van der Waals surface area (Å²) in [4.78, 5) is 11.9. The van der Waals surface area contributed by atoms with E-state index in [-0.39, 0.29) is 5.91 Å². The molecule has 1 unspecified atom stereocenters. The first-order chi connectivity index (χ1) is 10.1. The summed E-state index contributed by atoms with van der Waals surface area (Å²) < 4.78 is 1.84. The lowest BCUT2D eigenvalue weighted by atomic mass is 10.0. The van der Waals surface area contributed by atoms with Crippen molar-refractivity contribution in [1.82, 2.24) is 5.43 Å². The summed E-state index contributed by atoms with van der Waals surface area (Å²) in [5, 5.41) is 4.06. The molecule has 0 aliphatic carbocycles. The van der Waals surface area contributed by atoms with Crippen LogP contribution in [0.2, 0.25) is 0 Å². The number of carbonyl (C=O) groups excluding carboxylic acids is 1. The van der Waals surface area contributed by atoms with Crippen molar-refractivity contribution in [1.29, 1.82) is 0 Å². The lowest BCUT2D eigenvalue weighted by Crippen LogP contribution is -2.29. The Morgan fingerprint density at radius 1 is 1.38 bits per heavy atom. The minimum absolute atomic E-state index is 0.169. The lowest BCUT2D eigenvalue weighted by Gasteiger charge is -2.05. The van der Waals surface area contributed by atoms with Crippen LogP contribution in [0.3, 0.4) is 0 Å². The predicted octanol–water partition coefficient (Wildman–Crippen LogP) is 3.22. The van der Waals surface area contributed by atoms with Gasteiger partial charge < -0.3 is 0 Å². The van der Waals surface area contributed by atoms with E-state index in [1.54, 1.807) is 12.3 Å². The van der Waals surface area contributed by atoms with E-state index >= 15 is 0 Å². The summed E-state index contributed by atoms with van der Waals surface area (Å²) in [5.74, 6) is 0.233. The molecule has 0 radical (unpaired) electrons. The van der Waals surface area contributed by atoms with Gasteiger partial charge in [-0.3, -0.25) is 4.79 Å². The first-order valence-electron chi connectivity index (χ1n) is 7.92. The van der Waals surface area contributed by atoms with Gasteiger partial charge in [-0.1, -0.05) is 46.0 Å². The number of unbranched alkanes of at least 4 members (excludes halogenated alkanes) is 4. The van der Waals surface area contributed by atoms with Gasteiger partial charge in [0.2, 0.25) is 0 Å². The van der Waals surface area contributed by atoms with E-state index in [0.717, 1.165) is 6.42 Å². The van der Waals surface area contributed by atoms with Crippen LogP contribution in [0.1, 0.15) is 62.7 Å². The summed E-state index contributed by atoms with van der Waals surface area (Å²) in [7, 11) is 1.89. The zero-order valence-corrected chi connectivity index (χ0v) is 13.5. The van der Waals surface area contributed by atoms with E-state index in [9.17, 15) is 4.79 Å². The van der Waals surface area contributed by atoms with Crippen LogP contribution in [0.4, 0.5) is 0 Å². The number of nitrogens with one attached hydrogen (secondary N) is 1. The predicted molar refractivity (Wildman–Crippen MR) is 86.1 cm³/mol. The fraction of sp³-hybridized carbons (Fsp3) is 0.588. The van der Waals surface area contributed by atoms with Crippen LogP contribution in [0, 0.1) is 5.92 Å². The van der Waals surface area contributed by atoms with Crippen molar-refractivity contribution < 1.29 is 9.36 Å². The third kappa shape index (κ3) is 7.59. The normalized spacial score (nSPS) is 12.5. The molecule has 1 atom stereocenters. The number of rotatable bonds is 9. The van der Waals surface area contributed by atoms with Crippen LogP contribution < -0.4 is 9.99 Å². The SMILES string of the molecule is CCCCCCCC(C)C=NNC(=O)c1ccc[n+](C)c1. The third-order valence-electron chi connectivity index (χ3n) is 3.46. The van der Waals surface area contributed by atoms with Crippen LogP contribution >= 0.6 is 0 Å². The van der Waals surface area contributed by atoms with Crippen LogP contribution in [0.5, 0.6) is 0 Å². The number of hydrazone groups is 1. The molecule has 1 N–H and O–H groups in total. The molecule has 0 aromatic carbocycles. The van der Waals surface area contributed by atoms with Crippen molar-refractivity contribution in [2.24, 2.45) is 18.1 Å². The van der Waals surface area contributed by atoms with E-state index in [1.807, 2.05) is 30.1 Å². The molecular formula is C17H28N3O+. The molecule has 0 saturated heterocycles. The van der Waals surface area contributed by atoms with Crippen molar-refractivity contribution in [3.05, 3.63) is 30.1 Å². The molecule has 116 valence electrons. The molecule has 1 amide bonds. The molecule has 21 heavy (non-hydrogen) atoms. The van der Waals surface area contributed by atoms with Gasteiger partial charge in [-0.05, 0) is 18.4 Å². The van der Waals surface area contributed by atoms with E-state index in [1.165, 1.54) is 32.1 Å². The number of hydrogen-bond donors (Lipinski definition) is 1. The minimum atomic E-state index is -0.169. The Morgan fingerprint density at radius 3 is 2.86 bits per heavy atom. The second-order valence-electron chi connectivity index (χ2n) is 5.66. The number of hydrogen-bond acceptors (Lipinski definition) is 2. The average molecular weight is 290 g/mol. The highest BCUT2D eigenvalue weighted by atomic mass is 16.2. The smallest absolute Gasteiger partial charge is 0.267 e. The molecular weight excluding hydrogens is 262 g/mol. The van der Waals surface area contributed by atoms with Gasteiger partial charge in [0.1, 0.15) is 12.6 Å². The van der Waals surface area contributed by atoms with E-state index < -0.39 is 0 Å². The summed E-state index contributed by atoms with van der Waals surface area (Å²) in [6.45, 7) is 4.36. The molecule has 0 bridgehead atoms. The topological polar surface area (TPSA) is 45.3 Å². The zero-order valence-electron chi connectivity index (χ0n) is 13.5. The van der Waals surface area contributed by atoms with Crippen molar-refractivity contribution in [3.63, 3.8) is 0 Å². The van der Waals surface area contributed by atoms with Crippen LogP contribution in [0.25, 0.3) is 0 Å². The van der Waals surface area contributed by atoms with Gasteiger partial charge in [-0.25, -0.2) is 9.99 Å². The van der Waals surface area contributed by atoms with Gasteiger partial charge in [0.25, 0.3) is 5.91 Å². The molecule has 1 rings (SSSR count). The summed E-state index contributed by atoms with van der Waals surface area (Å²) in [6, 6.07) is 3.62. The Labute approximate surface area is 128 Å². The van der Waals surface area contributed by atoms with Gasteiger partial charge in [-0.15, -0.1) is 0 Å². The summed E-state index contributed by atoms with van der Waals surface area (Å²) >= 11 is 0. The monoisotopic (exact) mass is 290 g/mol. The standard InChI is InChI=1S/C17H27N3O/c1-4-5-6-7-8-10-15(2)13-18-19-17(21)16-11-9-12-20(3)14-16/h9,11-15H,4-8,10H2,1-3H3/p+1. The Kier molecular flexibility index (Phi) is 8.32. The van der Waals surface area contributed by atoms with E-state index in [0.29, 0.717) is 11.5 Å². The van der Waals surface area contributed by atoms with Gasteiger partial charge in [0.15, 0.2) is 12.4 Å². The largest absolute Gasteiger partial charge is 0.277 e. The summed E-state index contributed by atoms with van der Waals surface area (Å²) in [5.41, 5.74) is 3.20. The number of aromatic nitrogens is 1. The van der Waals surface area contributed by atoms with Crippen LogP contribution in [-0.2, 0) is 7.05 Å². The lowest BCUT2D eigenvalue weighted by molar-refractivity contribution is -0.671. The number of pyridine rings is 1. The van der Waals surface area contributed by atoms with Gasteiger partial charge in [-0.2, -0.15) is 5.10 Å². The molecule has 0 aliphatic rings. The maximum Gasteiger partial charge on any atom is 0.277 e. The molecule has 4 nitrogen and oxygen atoms in total. The van der Waals surface area contributed by atoms with Crippen molar-refractivity contribution in [2.45, 2.75) is 52.4 Å². The number of carbonyl (C=O) groups is 1. The molecule has 0 spiro atoms. The zero-order chi connectivity index (χ0) is 15.5. The molecule has 0 fully saturated rings. The first-order valence-corrected chi connectivity index (χ1v) is 7.92. The number of amides is 1. The van der Waals surface area contributed by atoms with Crippen molar-refractivity contribution in [3.8, 4) is 0 Å². The fourth-order valence-electron chi connectivity index (χ4n) is 2.15.